The predicted octanol–water partition coefficient (Wildman–Crippen LogP) is 3.58. The Morgan fingerprint density at radius 2 is 1.95 bits per heavy atom. The fourth-order valence-corrected chi connectivity index (χ4v) is 3.06. The Bertz CT molecular complexity index is 545. The minimum Gasteiger partial charge on any atom is -0.305 e. The third-order valence-corrected chi connectivity index (χ3v) is 3.73. The summed E-state index contributed by atoms with van der Waals surface area (Å²) in [5.74, 6) is 0. The molecule has 1 atom stereocenters. The molecule has 0 spiro atoms. The molecule has 0 aliphatic carbocycles. The topological polar surface area (TPSA) is 42.7 Å². The SMILES string of the molecule is CCNC(c1cc(Cl)cc(Cl)c1)c1c(Br)nnn1C. The molecular weight excluding hydrogens is 351 g/mol. The van der Waals surface area contributed by atoms with Crippen LogP contribution in [-0.4, -0.2) is 21.5 Å². The van der Waals surface area contributed by atoms with Gasteiger partial charge in [0.25, 0.3) is 0 Å². The molecule has 1 aromatic carbocycles. The van der Waals surface area contributed by atoms with Gasteiger partial charge in [-0.25, -0.2) is 4.68 Å². The summed E-state index contributed by atoms with van der Waals surface area (Å²) in [6.45, 7) is 2.84. The Labute approximate surface area is 130 Å². The van der Waals surface area contributed by atoms with Crippen molar-refractivity contribution in [3.05, 3.63) is 44.1 Å². The molecule has 7 heteroatoms. The molecule has 102 valence electrons. The maximum Gasteiger partial charge on any atom is 0.153 e. The lowest BCUT2D eigenvalue weighted by molar-refractivity contribution is 0.567. The molecule has 0 saturated carbocycles. The van der Waals surface area contributed by atoms with Crippen molar-refractivity contribution in [2.45, 2.75) is 13.0 Å². The van der Waals surface area contributed by atoms with E-state index >= 15 is 0 Å². The zero-order valence-corrected chi connectivity index (χ0v) is 13.6. The molecule has 4 nitrogen and oxygen atoms in total. The van der Waals surface area contributed by atoms with E-state index in [1.807, 2.05) is 26.1 Å². The number of halogens is 3. The highest BCUT2D eigenvalue weighted by Crippen LogP contribution is 2.30. The first-order valence-corrected chi connectivity index (χ1v) is 7.32. The quantitative estimate of drug-likeness (QED) is 0.902. The molecule has 2 rings (SSSR count). The highest BCUT2D eigenvalue weighted by Gasteiger charge is 2.21. The van der Waals surface area contributed by atoms with Crippen molar-refractivity contribution in [3.8, 4) is 0 Å². The Hall–Kier alpha value is -0.620. The van der Waals surface area contributed by atoms with Crippen molar-refractivity contribution >= 4 is 39.1 Å². The van der Waals surface area contributed by atoms with E-state index in [4.69, 9.17) is 23.2 Å². The van der Waals surface area contributed by atoms with Crippen LogP contribution in [0.4, 0.5) is 0 Å². The van der Waals surface area contributed by atoms with Crippen LogP contribution >= 0.6 is 39.1 Å². The van der Waals surface area contributed by atoms with Crippen LogP contribution in [0.2, 0.25) is 10.0 Å². The summed E-state index contributed by atoms with van der Waals surface area (Å²) < 4.78 is 2.43. The van der Waals surface area contributed by atoms with Crippen molar-refractivity contribution in [2.75, 3.05) is 6.54 Å². The average Bonchev–Trinajstić information content (AvgIpc) is 2.65. The first-order chi connectivity index (χ1) is 9.02. The van der Waals surface area contributed by atoms with Gasteiger partial charge < -0.3 is 5.32 Å². The van der Waals surface area contributed by atoms with Crippen LogP contribution in [0.3, 0.4) is 0 Å². The number of hydrogen-bond donors (Lipinski definition) is 1. The molecule has 0 aliphatic heterocycles. The van der Waals surface area contributed by atoms with E-state index in [9.17, 15) is 0 Å². The number of nitrogens with one attached hydrogen (secondary N) is 1. The van der Waals surface area contributed by atoms with Crippen molar-refractivity contribution in [1.82, 2.24) is 20.3 Å². The molecule has 19 heavy (non-hydrogen) atoms. The third-order valence-electron chi connectivity index (χ3n) is 2.73. The van der Waals surface area contributed by atoms with Crippen molar-refractivity contribution in [1.29, 1.82) is 0 Å². The summed E-state index contributed by atoms with van der Waals surface area (Å²) >= 11 is 15.6. The van der Waals surface area contributed by atoms with E-state index in [0.29, 0.717) is 14.6 Å². The summed E-state index contributed by atoms with van der Waals surface area (Å²) in [5.41, 5.74) is 1.91. The molecule has 0 radical (unpaired) electrons. The Morgan fingerprint density at radius 1 is 1.32 bits per heavy atom. The third kappa shape index (κ3) is 3.28. The lowest BCUT2D eigenvalue weighted by atomic mass is 10.0. The molecular formula is C12H13BrCl2N4. The van der Waals surface area contributed by atoms with Crippen LogP contribution in [0.1, 0.15) is 24.2 Å². The van der Waals surface area contributed by atoms with Gasteiger partial charge in [-0.05, 0) is 46.2 Å². The molecule has 0 bridgehead atoms. The zero-order chi connectivity index (χ0) is 14.0. The normalized spacial score (nSPS) is 12.7. The van der Waals surface area contributed by atoms with Gasteiger partial charge in [-0.15, -0.1) is 5.10 Å². The van der Waals surface area contributed by atoms with E-state index in [0.717, 1.165) is 17.8 Å². The first kappa shape index (κ1) is 14.8. The Morgan fingerprint density at radius 3 is 2.42 bits per heavy atom. The lowest BCUT2D eigenvalue weighted by Gasteiger charge is -2.19. The van der Waals surface area contributed by atoms with Gasteiger partial charge in [0.1, 0.15) is 0 Å². The monoisotopic (exact) mass is 362 g/mol. The van der Waals surface area contributed by atoms with E-state index in [1.165, 1.54) is 0 Å². The summed E-state index contributed by atoms with van der Waals surface area (Å²) in [4.78, 5) is 0. The second-order valence-electron chi connectivity index (χ2n) is 4.08. The maximum atomic E-state index is 6.07. The van der Waals surface area contributed by atoms with Crippen LogP contribution in [0.5, 0.6) is 0 Å². The molecule has 0 amide bonds. The van der Waals surface area contributed by atoms with E-state index < -0.39 is 0 Å². The van der Waals surface area contributed by atoms with Crippen molar-refractivity contribution in [2.24, 2.45) is 7.05 Å². The molecule has 0 saturated heterocycles. The Kier molecular flexibility index (Phi) is 4.84. The standard InChI is InChI=1S/C12H13BrCl2N4/c1-3-16-10(11-12(13)17-18-19(11)2)7-4-8(14)6-9(15)5-7/h4-6,10,16H,3H2,1-2H3. The van der Waals surface area contributed by atoms with Gasteiger partial charge in [-0.1, -0.05) is 35.3 Å². The van der Waals surface area contributed by atoms with Crippen LogP contribution in [-0.2, 0) is 7.05 Å². The lowest BCUT2D eigenvalue weighted by Crippen LogP contribution is -2.24. The average molecular weight is 364 g/mol. The van der Waals surface area contributed by atoms with E-state index in [-0.39, 0.29) is 6.04 Å². The molecule has 1 N–H and O–H groups in total. The van der Waals surface area contributed by atoms with Crippen LogP contribution < -0.4 is 5.32 Å². The number of benzene rings is 1. The van der Waals surface area contributed by atoms with Crippen LogP contribution in [0, 0.1) is 0 Å². The van der Waals surface area contributed by atoms with Crippen molar-refractivity contribution in [3.63, 3.8) is 0 Å². The van der Waals surface area contributed by atoms with Gasteiger partial charge in [-0.2, -0.15) is 0 Å². The second-order valence-corrected chi connectivity index (χ2v) is 5.71. The highest BCUT2D eigenvalue weighted by molar-refractivity contribution is 9.10. The van der Waals surface area contributed by atoms with Crippen LogP contribution in [0.25, 0.3) is 0 Å². The Balaban J connectivity index is 2.51. The number of rotatable bonds is 4. The van der Waals surface area contributed by atoms with E-state index in [1.54, 1.807) is 10.7 Å². The first-order valence-electron chi connectivity index (χ1n) is 5.77. The largest absolute Gasteiger partial charge is 0.305 e. The minimum absolute atomic E-state index is 0.0735. The van der Waals surface area contributed by atoms with Crippen molar-refractivity contribution < 1.29 is 0 Å². The number of hydrogen-bond acceptors (Lipinski definition) is 3. The van der Waals surface area contributed by atoms with E-state index in [2.05, 4.69) is 31.6 Å². The molecule has 1 unspecified atom stereocenters. The van der Waals surface area contributed by atoms with Gasteiger partial charge in [0.2, 0.25) is 0 Å². The molecule has 0 aliphatic rings. The summed E-state index contributed by atoms with van der Waals surface area (Å²) in [6.07, 6.45) is 0. The summed E-state index contributed by atoms with van der Waals surface area (Å²) in [7, 11) is 1.85. The predicted molar refractivity (Wildman–Crippen MR) is 80.7 cm³/mol. The fraction of sp³-hybridized carbons (Fsp3) is 0.333. The number of aromatic nitrogens is 3. The van der Waals surface area contributed by atoms with Gasteiger partial charge in [-0.3, -0.25) is 0 Å². The van der Waals surface area contributed by atoms with Gasteiger partial charge in [0.15, 0.2) is 4.60 Å². The second kappa shape index (κ2) is 6.22. The maximum absolute atomic E-state index is 6.07. The zero-order valence-electron chi connectivity index (χ0n) is 10.5. The van der Waals surface area contributed by atoms with Gasteiger partial charge in [0.05, 0.1) is 11.7 Å². The van der Waals surface area contributed by atoms with Gasteiger partial charge >= 0.3 is 0 Å². The number of nitrogens with zero attached hydrogens (tertiary/aromatic N) is 3. The summed E-state index contributed by atoms with van der Waals surface area (Å²) in [6, 6.07) is 5.42. The minimum atomic E-state index is -0.0735. The van der Waals surface area contributed by atoms with Gasteiger partial charge in [0, 0.05) is 17.1 Å². The molecule has 1 aromatic heterocycles. The molecule has 1 heterocycles. The molecule has 2 aromatic rings. The number of aryl methyl sites for hydroxylation is 1. The summed E-state index contributed by atoms with van der Waals surface area (Å²) in [5, 5.41) is 12.6. The highest BCUT2D eigenvalue weighted by atomic mass is 79.9. The van der Waals surface area contributed by atoms with Crippen LogP contribution in [0.15, 0.2) is 22.8 Å². The fourth-order valence-electron chi connectivity index (χ4n) is 1.96. The smallest absolute Gasteiger partial charge is 0.153 e. The molecule has 0 fully saturated rings.